The molecule has 0 aromatic heterocycles. The molecule has 0 fully saturated rings. The Bertz CT molecular complexity index is 420. The van der Waals surface area contributed by atoms with Crippen molar-refractivity contribution in [2.75, 3.05) is 13.2 Å². The van der Waals surface area contributed by atoms with Crippen LogP contribution in [0.4, 0.5) is 0 Å². The summed E-state index contributed by atoms with van der Waals surface area (Å²) in [6.07, 6.45) is 0.292. The average Bonchev–Trinajstić information content (AvgIpc) is 2.30. The fourth-order valence-electron chi connectivity index (χ4n) is 1.64. The third-order valence-electron chi connectivity index (χ3n) is 2.52. The minimum Gasteiger partial charge on any atom is -0.381 e. The largest absolute Gasteiger partial charge is 0.381 e. The lowest BCUT2D eigenvalue weighted by Crippen LogP contribution is -2.13. The van der Waals surface area contributed by atoms with Crippen LogP contribution in [0.1, 0.15) is 30.4 Å². The van der Waals surface area contributed by atoms with Crippen molar-refractivity contribution >= 4 is 5.78 Å². The van der Waals surface area contributed by atoms with Gasteiger partial charge >= 0.3 is 0 Å². The molecule has 1 aromatic rings. The molecule has 1 rings (SSSR count). The van der Waals surface area contributed by atoms with Crippen molar-refractivity contribution in [2.45, 2.75) is 26.2 Å². The second-order valence-electron chi connectivity index (χ2n) is 3.89. The lowest BCUT2D eigenvalue weighted by atomic mass is 9.93. The maximum absolute atomic E-state index is 11.9. The first kappa shape index (κ1) is 13.4. The van der Waals surface area contributed by atoms with Crippen LogP contribution in [0.25, 0.3) is 0 Å². The molecule has 0 N–H and O–H groups in total. The molecule has 0 spiro atoms. The summed E-state index contributed by atoms with van der Waals surface area (Å²) in [6, 6.07) is 9.58. The van der Waals surface area contributed by atoms with Crippen molar-refractivity contribution in [3.8, 4) is 6.07 Å². The number of carbonyl (C=O) groups is 1. The molecule has 17 heavy (non-hydrogen) atoms. The summed E-state index contributed by atoms with van der Waals surface area (Å²) >= 11 is 0. The van der Waals surface area contributed by atoms with Gasteiger partial charge in [-0.25, -0.2) is 0 Å². The van der Waals surface area contributed by atoms with E-state index in [1.807, 2.05) is 38.1 Å². The maximum Gasteiger partial charge on any atom is 0.156 e. The standard InChI is InChI=1S/C14H17NO2/c1-3-17-8-7-14(16)13(10-15)12-6-4-5-11(2)9-12/h4-6,9,13H,3,7-8H2,1-2H3. The van der Waals surface area contributed by atoms with E-state index in [9.17, 15) is 4.79 Å². The van der Waals surface area contributed by atoms with E-state index in [-0.39, 0.29) is 5.78 Å². The Labute approximate surface area is 102 Å². The highest BCUT2D eigenvalue weighted by Gasteiger charge is 2.19. The number of carbonyl (C=O) groups excluding carboxylic acids is 1. The number of nitriles is 1. The summed E-state index contributed by atoms with van der Waals surface area (Å²) in [7, 11) is 0. The Morgan fingerprint density at radius 2 is 2.29 bits per heavy atom. The summed E-state index contributed by atoms with van der Waals surface area (Å²) in [6.45, 7) is 4.81. The molecular weight excluding hydrogens is 214 g/mol. The van der Waals surface area contributed by atoms with Crippen LogP contribution in [0.15, 0.2) is 24.3 Å². The zero-order chi connectivity index (χ0) is 12.7. The number of aryl methyl sites for hydroxylation is 1. The van der Waals surface area contributed by atoms with Crippen LogP contribution < -0.4 is 0 Å². The third-order valence-corrected chi connectivity index (χ3v) is 2.52. The van der Waals surface area contributed by atoms with E-state index in [0.29, 0.717) is 19.6 Å². The number of ether oxygens (including phenoxy) is 1. The van der Waals surface area contributed by atoms with Crippen molar-refractivity contribution in [3.05, 3.63) is 35.4 Å². The van der Waals surface area contributed by atoms with Crippen molar-refractivity contribution in [2.24, 2.45) is 0 Å². The van der Waals surface area contributed by atoms with Crippen LogP contribution in [0, 0.1) is 18.3 Å². The lowest BCUT2D eigenvalue weighted by molar-refractivity contribution is -0.120. The maximum atomic E-state index is 11.9. The number of nitrogens with zero attached hydrogens (tertiary/aromatic N) is 1. The van der Waals surface area contributed by atoms with Gasteiger partial charge in [-0.15, -0.1) is 0 Å². The summed E-state index contributed by atoms with van der Waals surface area (Å²) in [5.41, 5.74) is 1.83. The van der Waals surface area contributed by atoms with Crippen LogP contribution in [-0.4, -0.2) is 19.0 Å². The van der Waals surface area contributed by atoms with Crippen molar-refractivity contribution in [1.82, 2.24) is 0 Å². The van der Waals surface area contributed by atoms with Crippen LogP contribution in [0.2, 0.25) is 0 Å². The second-order valence-corrected chi connectivity index (χ2v) is 3.89. The molecule has 0 saturated carbocycles. The zero-order valence-corrected chi connectivity index (χ0v) is 10.3. The fourth-order valence-corrected chi connectivity index (χ4v) is 1.64. The molecule has 1 aromatic carbocycles. The number of rotatable bonds is 6. The van der Waals surface area contributed by atoms with Gasteiger partial charge in [-0.3, -0.25) is 4.79 Å². The average molecular weight is 231 g/mol. The van der Waals surface area contributed by atoms with Gasteiger partial charge in [0, 0.05) is 13.0 Å². The summed E-state index contributed by atoms with van der Waals surface area (Å²) in [5.74, 6) is -0.748. The van der Waals surface area contributed by atoms with Gasteiger partial charge in [0.25, 0.3) is 0 Å². The molecule has 0 bridgehead atoms. The minimum atomic E-state index is -0.671. The number of ketones is 1. The molecule has 90 valence electrons. The van der Waals surface area contributed by atoms with Crippen LogP contribution in [0.5, 0.6) is 0 Å². The van der Waals surface area contributed by atoms with E-state index in [0.717, 1.165) is 11.1 Å². The van der Waals surface area contributed by atoms with Crippen molar-refractivity contribution in [1.29, 1.82) is 5.26 Å². The molecule has 0 heterocycles. The minimum absolute atomic E-state index is 0.0773. The van der Waals surface area contributed by atoms with Gasteiger partial charge < -0.3 is 4.74 Å². The smallest absolute Gasteiger partial charge is 0.156 e. The Kier molecular flexibility index (Phi) is 5.38. The van der Waals surface area contributed by atoms with Gasteiger partial charge in [0.15, 0.2) is 5.78 Å². The van der Waals surface area contributed by atoms with Crippen LogP contribution in [-0.2, 0) is 9.53 Å². The highest BCUT2D eigenvalue weighted by molar-refractivity contribution is 5.88. The normalized spacial score (nSPS) is 11.8. The monoisotopic (exact) mass is 231 g/mol. The molecular formula is C14H17NO2. The number of hydrogen-bond donors (Lipinski definition) is 0. The van der Waals surface area contributed by atoms with Gasteiger partial charge in [-0.2, -0.15) is 5.26 Å². The Morgan fingerprint density at radius 1 is 1.53 bits per heavy atom. The summed E-state index contributed by atoms with van der Waals surface area (Å²) < 4.78 is 5.13. The SMILES string of the molecule is CCOCCC(=O)C(C#N)c1cccc(C)c1. The van der Waals surface area contributed by atoms with E-state index < -0.39 is 5.92 Å². The topological polar surface area (TPSA) is 50.1 Å². The fraction of sp³-hybridized carbons (Fsp3) is 0.429. The van der Waals surface area contributed by atoms with Gasteiger partial charge in [0.05, 0.1) is 12.7 Å². The molecule has 0 aliphatic heterocycles. The molecule has 1 unspecified atom stereocenters. The van der Waals surface area contributed by atoms with Crippen molar-refractivity contribution < 1.29 is 9.53 Å². The lowest BCUT2D eigenvalue weighted by Gasteiger charge is -2.09. The van der Waals surface area contributed by atoms with Gasteiger partial charge in [0.1, 0.15) is 5.92 Å². The van der Waals surface area contributed by atoms with E-state index in [1.54, 1.807) is 0 Å². The van der Waals surface area contributed by atoms with E-state index in [4.69, 9.17) is 10.00 Å². The first-order valence-electron chi connectivity index (χ1n) is 5.75. The predicted molar refractivity (Wildman–Crippen MR) is 65.7 cm³/mol. The zero-order valence-electron chi connectivity index (χ0n) is 10.3. The quantitative estimate of drug-likeness (QED) is 0.707. The molecule has 0 aliphatic carbocycles. The Morgan fingerprint density at radius 3 is 2.88 bits per heavy atom. The van der Waals surface area contributed by atoms with E-state index >= 15 is 0 Å². The number of benzene rings is 1. The van der Waals surface area contributed by atoms with Crippen LogP contribution in [0.3, 0.4) is 0 Å². The Balaban J connectivity index is 2.72. The molecule has 1 atom stereocenters. The molecule has 3 heteroatoms. The molecule has 0 aliphatic rings. The first-order chi connectivity index (χ1) is 8.19. The first-order valence-corrected chi connectivity index (χ1v) is 5.75. The Hall–Kier alpha value is -1.66. The highest BCUT2D eigenvalue weighted by atomic mass is 16.5. The third kappa shape index (κ3) is 4.01. The second kappa shape index (κ2) is 6.82. The molecule has 0 radical (unpaired) electrons. The molecule has 3 nitrogen and oxygen atoms in total. The molecule has 0 saturated heterocycles. The summed E-state index contributed by atoms with van der Waals surface area (Å²) in [5, 5.41) is 9.09. The van der Waals surface area contributed by atoms with Gasteiger partial charge in [-0.05, 0) is 19.4 Å². The van der Waals surface area contributed by atoms with E-state index in [1.165, 1.54) is 0 Å². The van der Waals surface area contributed by atoms with E-state index in [2.05, 4.69) is 6.07 Å². The van der Waals surface area contributed by atoms with Crippen molar-refractivity contribution in [3.63, 3.8) is 0 Å². The van der Waals surface area contributed by atoms with Gasteiger partial charge in [0.2, 0.25) is 0 Å². The molecule has 0 amide bonds. The summed E-state index contributed by atoms with van der Waals surface area (Å²) in [4.78, 5) is 11.9. The number of hydrogen-bond acceptors (Lipinski definition) is 3. The highest BCUT2D eigenvalue weighted by Crippen LogP contribution is 2.18. The van der Waals surface area contributed by atoms with Gasteiger partial charge in [-0.1, -0.05) is 29.8 Å². The number of Topliss-reactive ketones (excluding diaryl/α,β-unsaturated/α-hetero) is 1. The van der Waals surface area contributed by atoms with Crippen LogP contribution >= 0.6 is 0 Å². The predicted octanol–water partition coefficient (Wildman–Crippen LogP) is 2.60.